The number of carbonyl (C=O) groups is 1. The Bertz CT molecular complexity index is 726. The molecular formula is C20H28N2O5. The molecule has 0 unspecified atom stereocenters. The molecule has 0 aliphatic heterocycles. The number of ether oxygens (including phenoxy) is 3. The van der Waals surface area contributed by atoms with Crippen LogP contribution >= 0.6 is 0 Å². The van der Waals surface area contributed by atoms with Crippen molar-refractivity contribution in [2.45, 2.75) is 19.9 Å². The second-order valence-electron chi connectivity index (χ2n) is 5.84. The van der Waals surface area contributed by atoms with E-state index in [1.807, 2.05) is 12.1 Å². The average molecular weight is 376 g/mol. The molecule has 1 N–H and O–H groups in total. The van der Waals surface area contributed by atoms with Crippen LogP contribution in [0.2, 0.25) is 0 Å². The number of benzene rings is 1. The highest BCUT2D eigenvalue weighted by molar-refractivity contribution is 5.98. The number of furan rings is 1. The zero-order valence-electron chi connectivity index (χ0n) is 16.6. The summed E-state index contributed by atoms with van der Waals surface area (Å²) in [5.74, 6) is 1.79. The van der Waals surface area contributed by atoms with Crippen molar-refractivity contribution >= 4 is 5.91 Å². The third-order valence-corrected chi connectivity index (χ3v) is 4.53. The van der Waals surface area contributed by atoms with Crippen molar-refractivity contribution < 1.29 is 23.4 Å². The lowest BCUT2D eigenvalue weighted by atomic mass is 10.1. The van der Waals surface area contributed by atoms with Crippen molar-refractivity contribution in [3.63, 3.8) is 0 Å². The first kappa shape index (κ1) is 20.6. The first-order valence-electron chi connectivity index (χ1n) is 8.95. The summed E-state index contributed by atoms with van der Waals surface area (Å²) in [6.07, 6.45) is 1.64. The molecular weight excluding hydrogens is 348 g/mol. The number of methoxy groups -OCH3 is 3. The van der Waals surface area contributed by atoms with Gasteiger partial charge >= 0.3 is 0 Å². The minimum atomic E-state index is -0.253. The van der Waals surface area contributed by atoms with Crippen LogP contribution in [0.5, 0.6) is 17.2 Å². The number of nitrogens with one attached hydrogen (secondary N) is 1. The summed E-state index contributed by atoms with van der Waals surface area (Å²) >= 11 is 0. The van der Waals surface area contributed by atoms with Crippen LogP contribution in [0.4, 0.5) is 0 Å². The molecule has 1 aromatic carbocycles. The molecule has 7 heteroatoms. The van der Waals surface area contributed by atoms with E-state index in [-0.39, 0.29) is 11.9 Å². The molecule has 0 radical (unpaired) electrons. The fraction of sp³-hybridized carbons (Fsp3) is 0.450. The number of hydrogen-bond donors (Lipinski definition) is 1. The van der Waals surface area contributed by atoms with Crippen LogP contribution in [0.1, 0.15) is 36.0 Å². The zero-order valence-corrected chi connectivity index (χ0v) is 16.6. The molecule has 148 valence electrons. The van der Waals surface area contributed by atoms with Crippen LogP contribution in [-0.4, -0.2) is 51.8 Å². The second kappa shape index (κ2) is 9.87. The van der Waals surface area contributed by atoms with Crippen LogP contribution in [-0.2, 0) is 0 Å². The Hall–Kier alpha value is -2.67. The van der Waals surface area contributed by atoms with Crippen molar-refractivity contribution in [1.29, 1.82) is 0 Å². The lowest BCUT2D eigenvalue weighted by Gasteiger charge is -2.28. The van der Waals surface area contributed by atoms with Gasteiger partial charge in [-0.25, -0.2) is 0 Å². The van der Waals surface area contributed by atoms with Gasteiger partial charge in [0, 0.05) is 6.54 Å². The van der Waals surface area contributed by atoms with Gasteiger partial charge in [-0.05, 0) is 37.4 Å². The minimum Gasteiger partial charge on any atom is -0.493 e. The highest BCUT2D eigenvalue weighted by atomic mass is 16.5. The summed E-state index contributed by atoms with van der Waals surface area (Å²) in [4.78, 5) is 15.1. The molecule has 1 aromatic heterocycles. The van der Waals surface area contributed by atoms with Crippen LogP contribution in [0.15, 0.2) is 34.9 Å². The summed E-state index contributed by atoms with van der Waals surface area (Å²) in [6.45, 7) is 6.26. The Morgan fingerprint density at radius 1 is 1.07 bits per heavy atom. The predicted molar refractivity (Wildman–Crippen MR) is 103 cm³/mol. The molecule has 0 saturated carbocycles. The average Bonchev–Trinajstić information content (AvgIpc) is 3.23. The van der Waals surface area contributed by atoms with Gasteiger partial charge in [-0.1, -0.05) is 13.8 Å². The van der Waals surface area contributed by atoms with E-state index in [0.29, 0.717) is 29.4 Å². The van der Waals surface area contributed by atoms with Crippen molar-refractivity contribution in [2.75, 3.05) is 41.0 Å². The Morgan fingerprint density at radius 3 is 2.30 bits per heavy atom. The van der Waals surface area contributed by atoms with Crippen LogP contribution < -0.4 is 19.5 Å². The van der Waals surface area contributed by atoms with Crippen molar-refractivity contribution in [3.8, 4) is 17.2 Å². The summed E-state index contributed by atoms with van der Waals surface area (Å²) in [5.41, 5.74) is 0.382. The Labute approximate surface area is 160 Å². The molecule has 7 nitrogen and oxygen atoms in total. The van der Waals surface area contributed by atoms with Gasteiger partial charge in [-0.2, -0.15) is 0 Å². The highest BCUT2D eigenvalue weighted by Gasteiger charge is 2.24. The van der Waals surface area contributed by atoms with Crippen molar-refractivity contribution in [2.24, 2.45) is 0 Å². The molecule has 1 amide bonds. The third kappa shape index (κ3) is 4.54. The van der Waals surface area contributed by atoms with Crippen molar-refractivity contribution in [3.05, 3.63) is 41.9 Å². The number of nitrogens with zero attached hydrogens (tertiary/aromatic N) is 1. The standard InChI is InChI=1S/C20H28N2O5/c1-6-22(7-2)15(16-9-8-12-27-16)13-21-20(23)14-10-11-17(24-3)19(26-5)18(14)25-4/h8-12,15H,6-7,13H2,1-5H3,(H,21,23)/t15-/m0/s1. The number of amides is 1. The summed E-state index contributed by atoms with van der Waals surface area (Å²) < 4.78 is 21.6. The van der Waals surface area contributed by atoms with E-state index in [2.05, 4.69) is 24.1 Å². The van der Waals surface area contributed by atoms with Gasteiger partial charge in [-0.15, -0.1) is 0 Å². The number of hydrogen-bond acceptors (Lipinski definition) is 6. The molecule has 2 aromatic rings. The second-order valence-corrected chi connectivity index (χ2v) is 5.84. The topological polar surface area (TPSA) is 73.2 Å². The van der Waals surface area contributed by atoms with Gasteiger partial charge in [0.1, 0.15) is 5.76 Å². The van der Waals surface area contributed by atoms with E-state index < -0.39 is 0 Å². The van der Waals surface area contributed by atoms with Crippen LogP contribution in [0.25, 0.3) is 0 Å². The first-order valence-corrected chi connectivity index (χ1v) is 8.95. The Balaban J connectivity index is 2.23. The summed E-state index contributed by atoms with van der Waals surface area (Å²) in [7, 11) is 4.54. The van der Waals surface area contributed by atoms with E-state index in [0.717, 1.165) is 18.8 Å². The van der Waals surface area contributed by atoms with Gasteiger partial charge in [0.2, 0.25) is 5.75 Å². The number of carbonyl (C=O) groups excluding carboxylic acids is 1. The van der Waals surface area contributed by atoms with Gasteiger partial charge in [0.15, 0.2) is 11.5 Å². The molecule has 0 fully saturated rings. The predicted octanol–water partition coefficient (Wildman–Crippen LogP) is 3.12. The van der Waals surface area contributed by atoms with E-state index >= 15 is 0 Å². The van der Waals surface area contributed by atoms with Crippen LogP contribution in [0.3, 0.4) is 0 Å². The summed E-state index contributed by atoms with van der Waals surface area (Å²) in [6, 6.07) is 7.07. The van der Waals surface area contributed by atoms with Gasteiger partial charge in [0.05, 0.1) is 39.2 Å². The molecule has 0 bridgehead atoms. The lowest BCUT2D eigenvalue weighted by Crippen LogP contribution is -2.38. The van der Waals surface area contributed by atoms with E-state index in [1.165, 1.54) is 21.3 Å². The SMILES string of the molecule is CCN(CC)[C@@H](CNC(=O)c1ccc(OC)c(OC)c1OC)c1ccco1. The molecule has 0 saturated heterocycles. The smallest absolute Gasteiger partial charge is 0.255 e. The van der Waals surface area contributed by atoms with E-state index in [4.69, 9.17) is 18.6 Å². The number of rotatable bonds is 10. The molecule has 0 spiro atoms. The maximum absolute atomic E-state index is 12.8. The summed E-state index contributed by atoms with van der Waals surface area (Å²) in [5, 5.41) is 2.98. The van der Waals surface area contributed by atoms with E-state index in [9.17, 15) is 4.79 Å². The zero-order chi connectivity index (χ0) is 19.8. The third-order valence-electron chi connectivity index (χ3n) is 4.53. The minimum absolute atomic E-state index is 0.0508. The quantitative estimate of drug-likeness (QED) is 0.687. The Kier molecular flexibility index (Phi) is 7.55. The van der Waals surface area contributed by atoms with Gasteiger partial charge < -0.3 is 23.9 Å². The molecule has 0 aliphatic carbocycles. The van der Waals surface area contributed by atoms with Gasteiger partial charge in [0.25, 0.3) is 5.91 Å². The van der Waals surface area contributed by atoms with Crippen LogP contribution in [0, 0.1) is 0 Å². The van der Waals surface area contributed by atoms with Gasteiger partial charge in [-0.3, -0.25) is 9.69 Å². The largest absolute Gasteiger partial charge is 0.493 e. The first-order chi connectivity index (χ1) is 13.1. The molecule has 2 rings (SSSR count). The maximum Gasteiger partial charge on any atom is 0.255 e. The fourth-order valence-electron chi connectivity index (χ4n) is 3.12. The monoisotopic (exact) mass is 376 g/mol. The molecule has 27 heavy (non-hydrogen) atoms. The lowest BCUT2D eigenvalue weighted by molar-refractivity contribution is 0.0926. The van der Waals surface area contributed by atoms with Crippen molar-refractivity contribution in [1.82, 2.24) is 10.2 Å². The normalized spacial score (nSPS) is 11.9. The molecule has 0 aliphatic rings. The number of likely N-dealkylation sites (N-methyl/N-ethyl adjacent to an activating group) is 1. The Morgan fingerprint density at radius 2 is 1.78 bits per heavy atom. The van der Waals surface area contributed by atoms with E-state index in [1.54, 1.807) is 18.4 Å². The molecule has 1 heterocycles. The molecule has 1 atom stereocenters. The maximum atomic E-state index is 12.8. The fourth-order valence-corrected chi connectivity index (χ4v) is 3.12. The highest BCUT2D eigenvalue weighted by Crippen LogP contribution is 2.39.